The maximum atomic E-state index is 3.59. The van der Waals surface area contributed by atoms with Crippen LogP contribution in [0.25, 0.3) is 0 Å². The molecule has 2 unspecified atom stereocenters. The van der Waals surface area contributed by atoms with Crippen molar-refractivity contribution in [2.75, 3.05) is 11.5 Å². The predicted octanol–water partition coefficient (Wildman–Crippen LogP) is 1.74. The molecular formula is C8H17NS. The van der Waals surface area contributed by atoms with Gasteiger partial charge in [-0.05, 0) is 12.8 Å². The molecule has 1 aliphatic heterocycles. The third kappa shape index (κ3) is 2.17. The van der Waals surface area contributed by atoms with E-state index in [1.54, 1.807) is 0 Å². The predicted molar refractivity (Wildman–Crippen MR) is 48.5 cm³/mol. The molecule has 0 spiro atoms. The SMILES string of the molecule is CC1CSCC(C(C)C)N1. The maximum Gasteiger partial charge on any atom is 0.0184 e. The lowest BCUT2D eigenvalue weighted by atomic mass is 10.1. The van der Waals surface area contributed by atoms with Crippen molar-refractivity contribution in [3.8, 4) is 0 Å². The van der Waals surface area contributed by atoms with Crippen LogP contribution in [0.3, 0.4) is 0 Å². The maximum absolute atomic E-state index is 3.59. The Balaban J connectivity index is 2.32. The third-order valence-electron chi connectivity index (χ3n) is 1.97. The molecule has 1 nitrogen and oxygen atoms in total. The lowest BCUT2D eigenvalue weighted by Gasteiger charge is -2.30. The van der Waals surface area contributed by atoms with Crippen molar-refractivity contribution in [3.05, 3.63) is 0 Å². The summed E-state index contributed by atoms with van der Waals surface area (Å²) in [4.78, 5) is 0. The highest BCUT2D eigenvalue weighted by atomic mass is 32.2. The molecule has 1 saturated heterocycles. The largest absolute Gasteiger partial charge is 0.310 e. The molecule has 1 N–H and O–H groups in total. The molecule has 0 amide bonds. The van der Waals surface area contributed by atoms with Crippen LogP contribution in [0.5, 0.6) is 0 Å². The number of thioether (sulfide) groups is 1. The first-order chi connectivity index (χ1) is 4.70. The zero-order valence-corrected chi connectivity index (χ0v) is 7.87. The van der Waals surface area contributed by atoms with E-state index in [9.17, 15) is 0 Å². The Morgan fingerprint density at radius 1 is 1.40 bits per heavy atom. The number of rotatable bonds is 1. The average molecular weight is 159 g/mol. The summed E-state index contributed by atoms with van der Waals surface area (Å²) in [6, 6.07) is 1.46. The second-order valence-electron chi connectivity index (χ2n) is 3.46. The van der Waals surface area contributed by atoms with Crippen molar-refractivity contribution in [2.24, 2.45) is 5.92 Å². The van der Waals surface area contributed by atoms with Crippen molar-refractivity contribution in [3.63, 3.8) is 0 Å². The molecular weight excluding hydrogens is 142 g/mol. The van der Waals surface area contributed by atoms with Gasteiger partial charge in [-0.1, -0.05) is 13.8 Å². The Morgan fingerprint density at radius 3 is 2.50 bits per heavy atom. The van der Waals surface area contributed by atoms with Gasteiger partial charge < -0.3 is 5.32 Å². The summed E-state index contributed by atoms with van der Waals surface area (Å²) in [7, 11) is 0. The highest BCUT2D eigenvalue weighted by Gasteiger charge is 2.19. The molecule has 0 aromatic heterocycles. The van der Waals surface area contributed by atoms with Crippen LogP contribution < -0.4 is 5.32 Å². The van der Waals surface area contributed by atoms with E-state index in [-0.39, 0.29) is 0 Å². The molecule has 0 bridgehead atoms. The van der Waals surface area contributed by atoms with E-state index < -0.39 is 0 Å². The lowest BCUT2D eigenvalue weighted by Crippen LogP contribution is -2.46. The fourth-order valence-corrected chi connectivity index (χ4v) is 2.54. The molecule has 0 aromatic carbocycles. The van der Waals surface area contributed by atoms with Crippen molar-refractivity contribution < 1.29 is 0 Å². The summed E-state index contributed by atoms with van der Waals surface area (Å²) in [5, 5.41) is 3.59. The zero-order chi connectivity index (χ0) is 7.56. The number of nitrogens with one attached hydrogen (secondary N) is 1. The molecule has 2 heteroatoms. The zero-order valence-electron chi connectivity index (χ0n) is 7.05. The third-order valence-corrected chi connectivity index (χ3v) is 3.30. The van der Waals surface area contributed by atoms with E-state index in [2.05, 4.69) is 37.8 Å². The van der Waals surface area contributed by atoms with Gasteiger partial charge in [0, 0.05) is 23.6 Å². The van der Waals surface area contributed by atoms with Crippen LogP contribution in [0.1, 0.15) is 20.8 Å². The van der Waals surface area contributed by atoms with Crippen molar-refractivity contribution in [2.45, 2.75) is 32.9 Å². The Kier molecular flexibility index (Phi) is 3.05. The lowest BCUT2D eigenvalue weighted by molar-refractivity contribution is 0.394. The summed E-state index contributed by atoms with van der Waals surface area (Å²) in [6.45, 7) is 6.84. The average Bonchev–Trinajstić information content (AvgIpc) is 1.88. The van der Waals surface area contributed by atoms with Gasteiger partial charge in [-0.3, -0.25) is 0 Å². The Bertz CT molecular complexity index is 103. The quantitative estimate of drug-likeness (QED) is 0.625. The summed E-state index contributed by atoms with van der Waals surface area (Å²) < 4.78 is 0. The van der Waals surface area contributed by atoms with Gasteiger partial charge >= 0.3 is 0 Å². The number of hydrogen-bond donors (Lipinski definition) is 1. The standard InChI is InChI=1S/C8H17NS/c1-6(2)8-5-10-4-7(3)9-8/h6-9H,4-5H2,1-3H3. The number of hydrogen-bond acceptors (Lipinski definition) is 2. The second-order valence-corrected chi connectivity index (χ2v) is 4.53. The Hall–Kier alpha value is 0.310. The van der Waals surface area contributed by atoms with Gasteiger partial charge in [0.1, 0.15) is 0 Å². The van der Waals surface area contributed by atoms with Crippen molar-refractivity contribution in [1.29, 1.82) is 0 Å². The first kappa shape index (κ1) is 8.41. The van der Waals surface area contributed by atoms with Crippen LogP contribution in [0, 0.1) is 5.92 Å². The molecule has 0 saturated carbocycles. The van der Waals surface area contributed by atoms with Gasteiger partial charge in [0.05, 0.1) is 0 Å². The van der Waals surface area contributed by atoms with Crippen LogP contribution in [0.2, 0.25) is 0 Å². The van der Waals surface area contributed by atoms with Crippen LogP contribution in [0.15, 0.2) is 0 Å². The molecule has 2 atom stereocenters. The summed E-state index contributed by atoms with van der Waals surface area (Å²) in [5.41, 5.74) is 0. The molecule has 10 heavy (non-hydrogen) atoms. The van der Waals surface area contributed by atoms with E-state index in [1.807, 2.05) is 0 Å². The molecule has 1 rings (SSSR count). The van der Waals surface area contributed by atoms with E-state index >= 15 is 0 Å². The molecule has 1 fully saturated rings. The van der Waals surface area contributed by atoms with Crippen molar-refractivity contribution in [1.82, 2.24) is 5.32 Å². The topological polar surface area (TPSA) is 12.0 Å². The van der Waals surface area contributed by atoms with Gasteiger partial charge in [0.25, 0.3) is 0 Å². The molecule has 0 aliphatic carbocycles. The normalized spacial score (nSPS) is 34.8. The van der Waals surface area contributed by atoms with Gasteiger partial charge in [0.15, 0.2) is 0 Å². The second kappa shape index (κ2) is 3.63. The summed E-state index contributed by atoms with van der Waals surface area (Å²) >= 11 is 2.08. The highest BCUT2D eigenvalue weighted by Crippen LogP contribution is 2.16. The van der Waals surface area contributed by atoms with Crippen LogP contribution in [0.4, 0.5) is 0 Å². The van der Waals surface area contributed by atoms with Crippen LogP contribution in [-0.2, 0) is 0 Å². The molecule has 0 radical (unpaired) electrons. The van der Waals surface area contributed by atoms with Gasteiger partial charge in [-0.2, -0.15) is 11.8 Å². The smallest absolute Gasteiger partial charge is 0.0184 e. The first-order valence-corrected chi connectivity index (χ1v) is 5.19. The minimum absolute atomic E-state index is 0.714. The first-order valence-electron chi connectivity index (χ1n) is 4.04. The van der Waals surface area contributed by atoms with Crippen molar-refractivity contribution >= 4 is 11.8 Å². The Labute approximate surface area is 68.0 Å². The minimum atomic E-state index is 0.714. The van der Waals surface area contributed by atoms with Gasteiger partial charge in [-0.15, -0.1) is 0 Å². The highest BCUT2D eigenvalue weighted by molar-refractivity contribution is 7.99. The monoisotopic (exact) mass is 159 g/mol. The summed E-state index contributed by atoms with van der Waals surface area (Å²) in [5.74, 6) is 3.36. The molecule has 60 valence electrons. The molecule has 1 heterocycles. The van der Waals surface area contributed by atoms with E-state index in [4.69, 9.17) is 0 Å². The molecule has 1 aliphatic rings. The fraction of sp³-hybridized carbons (Fsp3) is 1.00. The molecule has 0 aromatic rings. The van der Waals surface area contributed by atoms with Gasteiger partial charge in [0.2, 0.25) is 0 Å². The van der Waals surface area contributed by atoms with Crippen LogP contribution in [-0.4, -0.2) is 23.6 Å². The van der Waals surface area contributed by atoms with Gasteiger partial charge in [-0.25, -0.2) is 0 Å². The Morgan fingerprint density at radius 2 is 2.10 bits per heavy atom. The minimum Gasteiger partial charge on any atom is -0.310 e. The fourth-order valence-electron chi connectivity index (χ4n) is 1.22. The van der Waals surface area contributed by atoms with Crippen LogP contribution >= 0.6 is 11.8 Å². The van der Waals surface area contributed by atoms with E-state index in [0.717, 1.165) is 12.0 Å². The van der Waals surface area contributed by atoms with E-state index in [1.165, 1.54) is 11.5 Å². The summed E-state index contributed by atoms with van der Waals surface area (Å²) in [6.07, 6.45) is 0. The van der Waals surface area contributed by atoms with E-state index in [0.29, 0.717) is 6.04 Å².